The van der Waals surface area contributed by atoms with Crippen molar-refractivity contribution in [3.63, 3.8) is 0 Å². The molecular weight excluding hydrogens is 302 g/mol. The summed E-state index contributed by atoms with van der Waals surface area (Å²) in [4.78, 5) is 25.3. The topological polar surface area (TPSA) is 75.4 Å². The minimum Gasteiger partial charge on any atom is -0.325 e. The molecule has 22 heavy (non-hydrogen) atoms. The summed E-state index contributed by atoms with van der Waals surface area (Å²) in [7, 11) is 0. The molecule has 1 aromatic rings. The molecule has 1 aliphatic heterocycles. The highest BCUT2D eigenvalue weighted by molar-refractivity contribution is 5.97. The van der Waals surface area contributed by atoms with Crippen molar-refractivity contribution < 1.29 is 9.59 Å². The Morgan fingerprint density at radius 3 is 2.68 bits per heavy atom. The lowest BCUT2D eigenvalue weighted by Crippen LogP contribution is -2.40. The van der Waals surface area contributed by atoms with Crippen LogP contribution in [0.3, 0.4) is 0 Å². The quantitative estimate of drug-likeness (QED) is 0.892. The predicted molar refractivity (Wildman–Crippen MR) is 91.5 cm³/mol. The highest BCUT2D eigenvalue weighted by Gasteiger charge is 2.23. The van der Waals surface area contributed by atoms with Gasteiger partial charge in [-0.25, -0.2) is 0 Å². The number of nitrogens with zero attached hydrogens (tertiary/aromatic N) is 1. The molecule has 0 saturated carbocycles. The molecule has 2 atom stereocenters. The Bertz CT molecular complexity index is 562. The minimum atomic E-state index is -0.503. The zero-order valence-electron chi connectivity index (χ0n) is 13.3. The van der Waals surface area contributed by atoms with Crippen LogP contribution in [0, 0.1) is 5.92 Å². The van der Waals surface area contributed by atoms with Gasteiger partial charge in [-0.1, -0.05) is 20.3 Å². The SMILES string of the molecule is CCC(C)C(N)C(=O)Nc1ccc2c(c1)CCN2C(C)=O.Cl. The predicted octanol–water partition coefficient (Wildman–Crippen LogP) is 2.33. The lowest BCUT2D eigenvalue weighted by Gasteiger charge is -2.18. The molecule has 0 saturated heterocycles. The third-order valence-electron chi connectivity index (χ3n) is 4.18. The van der Waals surface area contributed by atoms with Crippen LogP contribution in [-0.4, -0.2) is 24.4 Å². The van der Waals surface area contributed by atoms with Crippen molar-refractivity contribution in [2.45, 2.75) is 39.7 Å². The van der Waals surface area contributed by atoms with Crippen molar-refractivity contribution in [2.75, 3.05) is 16.8 Å². The van der Waals surface area contributed by atoms with Gasteiger partial charge < -0.3 is 16.0 Å². The lowest BCUT2D eigenvalue weighted by molar-refractivity contribution is -0.118. The number of nitrogens with two attached hydrogens (primary N) is 1. The number of halogens is 1. The maximum absolute atomic E-state index is 12.1. The zero-order chi connectivity index (χ0) is 15.6. The van der Waals surface area contributed by atoms with Gasteiger partial charge in [-0.2, -0.15) is 0 Å². The number of hydrogen-bond donors (Lipinski definition) is 2. The number of carbonyl (C=O) groups excluding carboxylic acids is 2. The number of benzene rings is 1. The molecule has 0 spiro atoms. The summed E-state index contributed by atoms with van der Waals surface area (Å²) in [5.74, 6) is 0.0303. The number of rotatable bonds is 4. The van der Waals surface area contributed by atoms with Gasteiger partial charge in [0.15, 0.2) is 0 Å². The fraction of sp³-hybridized carbons (Fsp3) is 0.500. The summed E-state index contributed by atoms with van der Waals surface area (Å²) in [5, 5.41) is 2.86. The van der Waals surface area contributed by atoms with Gasteiger partial charge in [-0.05, 0) is 36.1 Å². The molecular formula is C16H24ClN3O2. The van der Waals surface area contributed by atoms with Gasteiger partial charge in [0.25, 0.3) is 0 Å². The van der Waals surface area contributed by atoms with E-state index in [1.165, 1.54) is 0 Å². The number of anilines is 2. The molecule has 0 bridgehead atoms. The van der Waals surface area contributed by atoms with Crippen LogP contribution in [0.5, 0.6) is 0 Å². The third-order valence-corrected chi connectivity index (χ3v) is 4.18. The van der Waals surface area contributed by atoms with Gasteiger partial charge in [-0.15, -0.1) is 12.4 Å². The van der Waals surface area contributed by atoms with E-state index in [1.807, 2.05) is 32.0 Å². The van der Waals surface area contributed by atoms with Gasteiger partial charge in [0.05, 0.1) is 6.04 Å². The molecule has 2 unspecified atom stereocenters. The molecule has 2 rings (SSSR count). The molecule has 0 aromatic heterocycles. The molecule has 1 heterocycles. The first-order chi connectivity index (χ1) is 9.93. The Hall–Kier alpha value is -1.59. The summed E-state index contributed by atoms with van der Waals surface area (Å²) < 4.78 is 0. The van der Waals surface area contributed by atoms with Gasteiger partial charge >= 0.3 is 0 Å². The number of fused-ring (bicyclic) bond motifs is 1. The average molecular weight is 326 g/mol. The zero-order valence-corrected chi connectivity index (χ0v) is 14.1. The van der Waals surface area contributed by atoms with Crippen LogP contribution < -0.4 is 16.0 Å². The Morgan fingerprint density at radius 2 is 2.09 bits per heavy atom. The van der Waals surface area contributed by atoms with E-state index in [0.29, 0.717) is 6.54 Å². The second-order valence-electron chi connectivity index (χ2n) is 5.66. The molecule has 2 amide bonds. The fourth-order valence-corrected chi connectivity index (χ4v) is 2.54. The molecule has 1 aromatic carbocycles. The highest BCUT2D eigenvalue weighted by Crippen LogP contribution is 2.30. The Labute approximate surface area is 137 Å². The minimum absolute atomic E-state index is 0. The van der Waals surface area contributed by atoms with Crippen LogP contribution in [0.25, 0.3) is 0 Å². The maximum Gasteiger partial charge on any atom is 0.241 e. The normalized spacial score (nSPS) is 15.5. The molecule has 0 aliphatic carbocycles. The number of carbonyl (C=O) groups is 2. The Balaban J connectivity index is 0.00000242. The fourth-order valence-electron chi connectivity index (χ4n) is 2.54. The number of amides is 2. The van der Waals surface area contributed by atoms with Crippen molar-refractivity contribution >= 4 is 35.6 Å². The summed E-state index contributed by atoms with van der Waals surface area (Å²) in [5.41, 5.74) is 8.69. The summed E-state index contributed by atoms with van der Waals surface area (Å²) in [6, 6.07) is 5.13. The maximum atomic E-state index is 12.1. The van der Waals surface area contributed by atoms with Gasteiger partial charge in [0, 0.05) is 24.8 Å². The first-order valence-electron chi connectivity index (χ1n) is 7.41. The summed E-state index contributed by atoms with van der Waals surface area (Å²) >= 11 is 0. The van der Waals surface area contributed by atoms with E-state index in [2.05, 4.69) is 5.32 Å². The monoisotopic (exact) mass is 325 g/mol. The largest absolute Gasteiger partial charge is 0.325 e. The first-order valence-corrected chi connectivity index (χ1v) is 7.41. The standard InChI is InChI=1S/C16H23N3O2.ClH/c1-4-10(2)15(17)16(21)18-13-5-6-14-12(9-13)7-8-19(14)11(3)20;/h5-6,9-10,15H,4,7-8,17H2,1-3H3,(H,18,21);1H. The van der Waals surface area contributed by atoms with Crippen molar-refractivity contribution in [1.29, 1.82) is 0 Å². The van der Waals surface area contributed by atoms with Crippen molar-refractivity contribution in [2.24, 2.45) is 11.7 Å². The van der Waals surface area contributed by atoms with E-state index in [1.54, 1.807) is 11.8 Å². The van der Waals surface area contributed by atoms with Crippen LogP contribution >= 0.6 is 12.4 Å². The highest BCUT2D eigenvalue weighted by atomic mass is 35.5. The molecule has 5 nitrogen and oxygen atoms in total. The van der Waals surface area contributed by atoms with Crippen molar-refractivity contribution in [1.82, 2.24) is 0 Å². The third kappa shape index (κ3) is 3.78. The van der Waals surface area contributed by atoms with Crippen molar-refractivity contribution in [3.8, 4) is 0 Å². The van der Waals surface area contributed by atoms with E-state index in [-0.39, 0.29) is 30.1 Å². The first kappa shape index (κ1) is 18.5. The molecule has 3 N–H and O–H groups in total. The summed E-state index contributed by atoms with van der Waals surface area (Å²) in [6.45, 7) is 6.26. The summed E-state index contributed by atoms with van der Waals surface area (Å²) in [6.07, 6.45) is 1.68. The molecule has 0 fully saturated rings. The van der Waals surface area contributed by atoms with Crippen molar-refractivity contribution in [3.05, 3.63) is 23.8 Å². The molecule has 1 aliphatic rings. The Morgan fingerprint density at radius 1 is 1.41 bits per heavy atom. The van der Waals surface area contributed by atoms with Crippen LogP contribution in [0.2, 0.25) is 0 Å². The lowest BCUT2D eigenvalue weighted by atomic mass is 9.99. The molecule has 0 radical (unpaired) electrons. The van der Waals surface area contributed by atoms with Crippen LogP contribution in [0.4, 0.5) is 11.4 Å². The Kier molecular flexibility index (Phi) is 6.38. The van der Waals surface area contributed by atoms with Crippen LogP contribution in [0.1, 0.15) is 32.8 Å². The van der Waals surface area contributed by atoms with E-state index in [4.69, 9.17) is 5.73 Å². The van der Waals surface area contributed by atoms with E-state index >= 15 is 0 Å². The van der Waals surface area contributed by atoms with Gasteiger partial charge in [-0.3, -0.25) is 9.59 Å². The van der Waals surface area contributed by atoms with E-state index in [0.717, 1.165) is 29.8 Å². The van der Waals surface area contributed by atoms with Crippen LogP contribution in [-0.2, 0) is 16.0 Å². The number of nitrogens with one attached hydrogen (secondary N) is 1. The molecule has 122 valence electrons. The van der Waals surface area contributed by atoms with Crippen LogP contribution in [0.15, 0.2) is 18.2 Å². The van der Waals surface area contributed by atoms with E-state index in [9.17, 15) is 9.59 Å². The number of hydrogen-bond acceptors (Lipinski definition) is 3. The average Bonchev–Trinajstić information content (AvgIpc) is 2.88. The smallest absolute Gasteiger partial charge is 0.241 e. The van der Waals surface area contributed by atoms with Gasteiger partial charge in [0.1, 0.15) is 0 Å². The van der Waals surface area contributed by atoms with Gasteiger partial charge in [0.2, 0.25) is 11.8 Å². The second kappa shape index (κ2) is 7.61. The van der Waals surface area contributed by atoms with E-state index < -0.39 is 6.04 Å². The molecule has 6 heteroatoms. The second-order valence-corrected chi connectivity index (χ2v) is 5.66.